The van der Waals surface area contributed by atoms with E-state index in [1.807, 2.05) is 0 Å². The van der Waals surface area contributed by atoms with Gasteiger partial charge in [-0.15, -0.1) is 0 Å². The van der Waals surface area contributed by atoms with Gasteiger partial charge in [0.25, 0.3) is 5.56 Å². The number of fused-ring (bicyclic) bond motifs is 2. The molecular formula is C20H25N10O8PS. The zero-order valence-electron chi connectivity index (χ0n) is 20.5. The van der Waals surface area contributed by atoms with Crippen LogP contribution in [0.4, 0.5) is 11.8 Å². The lowest BCUT2D eigenvalue weighted by Crippen LogP contribution is -2.27. The molecule has 2 aliphatic rings. The number of nitrogen functional groups attached to an aromatic ring is 2. The quantitative estimate of drug-likeness (QED) is 0.127. The van der Waals surface area contributed by atoms with Crippen LogP contribution in [-0.2, 0) is 30.3 Å². The van der Waals surface area contributed by atoms with E-state index in [-0.39, 0.29) is 49.0 Å². The molecule has 2 unspecified atom stereocenters. The minimum Gasteiger partial charge on any atom is -0.394 e. The van der Waals surface area contributed by atoms with Gasteiger partial charge in [0.15, 0.2) is 28.9 Å². The molecule has 8 N–H and O–H groups in total. The van der Waals surface area contributed by atoms with Crippen molar-refractivity contribution < 1.29 is 33.6 Å². The van der Waals surface area contributed by atoms with E-state index in [4.69, 9.17) is 41.8 Å². The highest BCUT2D eigenvalue weighted by molar-refractivity contribution is 8.07. The number of anilines is 2. The van der Waals surface area contributed by atoms with E-state index in [0.717, 1.165) is 0 Å². The fraction of sp³-hybridized carbons (Fsp3) is 0.500. The first-order valence-corrected chi connectivity index (χ1v) is 14.6. The second-order valence-electron chi connectivity index (χ2n) is 9.28. The smallest absolute Gasteiger partial charge is 0.325 e. The van der Waals surface area contributed by atoms with E-state index in [1.54, 1.807) is 0 Å². The first-order valence-electron chi connectivity index (χ1n) is 12.1. The number of ether oxygens (including phenoxy) is 2. The molecule has 214 valence electrons. The maximum atomic E-state index is 12.2. The standard InChI is InChI=1S/C20H25N10O8PS/c21-15-17-23-3-9(30(17)26-6-24-15)11-2-10(32)13(37-11)5-35-39(34,40)38-12-1-8(4-31)36-19(12)29-7-25-14-16(29)27-20(22)28-18(14)33/h3,6-8,10-13,19,31-32H,1-2,4-5H2,(H,34,40)(H2,21,24,26)(H3,22,27,28,33)/t8?,10-,11+,12+,13+,19+,39?/m0/s1. The monoisotopic (exact) mass is 596 g/mol. The first kappa shape index (κ1) is 27.1. The zero-order chi connectivity index (χ0) is 28.2. The Bertz CT molecular complexity index is 1660. The summed E-state index contributed by atoms with van der Waals surface area (Å²) in [6.45, 7) is -4.53. The van der Waals surface area contributed by atoms with Crippen LogP contribution in [0, 0.1) is 0 Å². The van der Waals surface area contributed by atoms with E-state index < -0.39 is 49.0 Å². The number of imidazole rings is 2. The molecule has 2 saturated heterocycles. The topological polar surface area (TPSA) is 256 Å². The molecule has 40 heavy (non-hydrogen) atoms. The Morgan fingerprint density at radius 1 is 1.23 bits per heavy atom. The fourth-order valence-corrected chi connectivity index (χ4v) is 6.26. The van der Waals surface area contributed by atoms with Crippen molar-refractivity contribution in [3.8, 4) is 0 Å². The molecule has 2 fully saturated rings. The van der Waals surface area contributed by atoms with Crippen molar-refractivity contribution in [3.05, 3.63) is 34.9 Å². The summed E-state index contributed by atoms with van der Waals surface area (Å²) in [7, 11) is 0. The molecule has 20 heteroatoms. The van der Waals surface area contributed by atoms with Crippen molar-refractivity contribution in [1.82, 2.24) is 39.1 Å². The second kappa shape index (κ2) is 10.4. The SMILES string of the molecule is Nc1nc2c(ncn2[C@@H]2OC(CO)C[C@H]2OP(O)(=S)OC[C@H]2O[C@@H](c3cnc4c(N)ncnn34)C[C@@H]2O)c(=O)[nH]1. The molecular weight excluding hydrogens is 571 g/mol. The van der Waals surface area contributed by atoms with Crippen LogP contribution in [0.1, 0.15) is 30.9 Å². The maximum absolute atomic E-state index is 12.2. The lowest BCUT2D eigenvalue weighted by Gasteiger charge is -2.25. The normalized spacial score (nSPS) is 28.5. The van der Waals surface area contributed by atoms with Gasteiger partial charge in [0, 0.05) is 12.8 Å². The minimum atomic E-state index is -3.92. The van der Waals surface area contributed by atoms with Crippen molar-refractivity contribution in [2.75, 3.05) is 24.7 Å². The van der Waals surface area contributed by atoms with Crippen molar-refractivity contribution in [2.24, 2.45) is 0 Å². The third-order valence-electron chi connectivity index (χ3n) is 6.66. The molecule has 0 saturated carbocycles. The molecule has 4 aromatic rings. The Balaban J connectivity index is 1.15. The van der Waals surface area contributed by atoms with Crippen LogP contribution in [0.2, 0.25) is 0 Å². The van der Waals surface area contributed by atoms with Gasteiger partial charge in [-0.25, -0.2) is 19.5 Å². The summed E-state index contributed by atoms with van der Waals surface area (Å²) >= 11 is 5.24. The number of nitrogens with one attached hydrogen (secondary N) is 1. The molecule has 0 bridgehead atoms. The Morgan fingerprint density at radius 3 is 2.85 bits per heavy atom. The van der Waals surface area contributed by atoms with Gasteiger partial charge in [0.05, 0.1) is 43.6 Å². The van der Waals surface area contributed by atoms with Gasteiger partial charge in [-0.05, 0) is 11.8 Å². The van der Waals surface area contributed by atoms with E-state index in [9.17, 15) is 19.9 Å². The molecule has 7 atom stereocenters. The number of aromatic nitrogens is 8. The summed E-state index contributed by atoms with van der Waals surface area (Å²) in [5.74, 6) is 0.0717. The number of hydrogen-bond donors (Lipinski definition) is 6. The number of aromatic amines is 1. The number of hydrogen-bond acceptors (Lipinski definition) is 15. The van der Waals surface area contributed by atoms with Crippen molar-refractivity contribution in [1.29, 1.82) is 0 Å². The number of aliphatic hydroxyl groups excluding tert-OH is 2. The minimum absolute atomic E-state index is 0.0192. The Kier molecular flexibility index (Phi) is 7.01. The van der Waals surface area contributed by atoms with Crippen molar-refractivity contribution in [2.45, 2.75) is 49.6 Å². The predicted octanol–water partition coefficient (Wildman–Crippen LogP) is -1.49. The van der Waals surface area contributed by atoms with Crippen LogP contribution in [0.5, 0.6) is 0 Å². The largest absolute Gasteiger partial charge is 0.394 e. The van der Waals surface area contributed by atoms with Crippen LogP contribution in [0.3, 0.4) is 0 Å². The highest BCUT2D eigenvalue weighted by atomic mass is 32.5. The van der Waals surface area contributed by atoms with Crippen LogP contribution in [-0.4, -0.2) is 91.8 Å². The number of H-pyrrole nitrogens is 1. The molecule has 2 aliphatic heterocycles. The van der Waals surface area contributed by atoms with E-state index >= 15 is 0 Å². The average molecular weight is 597 g/mol. The Morgan fingerprint density at radius 2 is 2.05 bits per heavy atom. The van der Waals surface area contributed by atoms with E-state index in [2.05, 4.69) is 30.0 Å². The highest BCUT2D eigenvalue weighted by Gasteiger charge is 2.42. The highest BCUT2D eigenvalue weighted by Crippen LogP contribution is 2.50. The summed E-state index contributed by atoms with van der Waals surface area (Å²) in [4.78, 5) is 41.7. The summed E-state index contributed by atoms with van der Waals surface area (Å²) in [5.41, 5.74) is 12.0. The zero-order valence-corrected chi connectivity index (χ0v) is 22.3. The average Bonchev–Trinajstić information content (AvgIpc) is 3.68. The molecule has 0 aliphatic carbocycles. The van der Waals surface area contributed by atoms with Gasteiger partial charge >= 0.3 is 6.72 Å². The molecule has 0 spiro atoms. The predicted molar refractivity (Wildman–Crippen MR) is 139 cm³/mol. The van der Waals surface area contributed by atoms with Gasteiger partial charge in [0.2, 0.25) is 5.95 Å². The third-order valence-corrected chi connectivity index (χ3v) is 8.24. The van der Waals surface area contributed by atoms with Gasteiger partial charge < -0.3 is 45.1 Å². The Hall–Kier alpha value is -3.13. The number of rotatable bonds is 8. The van der Waals surface area contributed by atoms with Crippen LogP contribution in [0.25, 0.3) is 16.8 Å². The second-order valence-corrected chi connectivity index (χ2v) is 12.1. The number of nitrogens with two attached hydrogens (primary N) is 2. The molecule has 6 heterocycles. The van der Waals surface area contributed by atoms with Gasteiger partial charge in [-0.1, -0.05) is 0 Å². The molecule has 0 amide bonds. The molecule has 0 aromatic carbocycles. The lowest BCUT2D eigenvalue weighted by atomic mass is 10.1. The van der Waals surface area contributed by atoms with Gasteiger partial charge in [0.1, 0.15) is 24.6 Å². The molecule has 4 aromatic heterocycles. The van der Waals surface area contributed by atoms with Gasteiger partial charge in [-0.3, -0.25) is 14.3 Å². The summed E-state index contributed by atoms with van der Waals surface area (Å²) < 4.78 is 26.1. The van der Waals surface area contributed by atoms with Crippen molar-refractivity contribution in [3.63, 3.8) is 0 Å². The van der Waals surface area contributed by atoms with Crippen LogP contribution >= 0.6 is 6.72 Å². The lowest BCUT2D eigenvalue weighted by molar-refractivity contribution is -0.0503. The third kappa shape index (κ3) is 4.95. The van der Waals surface area contributed by atoms with Crippen LogP contribution in [0.15, 0.2) is 23.6 Å². The fourth-order valence-electron chi connectivity index (χ4n) is 4.81. The molecule has 0 radical (unpaired) electrons. The van der Waals surface area contributed by atoms with Crippen molar-refractivity contribution >= 4 is 47.1 Å². The van der Waals surface area contributed by atoms with Gasteiger partial charge in [-0.2, -0.15) is 10.1 Å². The molecule has 6 rings (SSSR count). The number of nitrogens with zero attached hydrogens (tertiary/aromatic N) is 7. The first-order chi connectivity index (χ1) is 19.1. The summed E-state index contributed by atoms with van der Waals surface area (Å²) in [6.07, 6.45) is -0.406. The van der Waals surface area contributed by atoms with E-state index in [0.29, 0.717) is 11.3 Å². The Labute approximate surface area is 229 Å². The molecule has 18 nitrogen and oxygen atoms in total. The summed E-state index contributed by atoms with van der Waals surface area (Å²) in [6, 6.07) is 0. The van der Waals surface area contributed by atoms with E-state index in [1.165, 1.54) is 27.9 Å². The van der Waals surface area contributed by atoms with Crippen LogP contribution < -0.4 is 17.0 Å². The maximum Gasteiger partial charge on any atom is 0.325 e. The number of aliphatic hydroxyl groups is 2. The summed E-state index contributed by atoms with van der Waals surface area (Å²) in [5, 5.41) is 24.4.